The van der Waals surface area contributed by atoms with Crippen molar-refractivity contribution in [3.8, 4) is 0 Å². The molecule has 0 aromatic heterocycles. The van der Waals surface area contributed by atoms with Crippen LogP contribution in [0.5, 0.6) is 0 Å². The molecule has 6 heteroatoms. The molecule has 0 atom stereocenters. The van der Waals surface area contributed by atoms with Crippen molar-refractivity contribution in [2.75, 3.05) is 13.1 Å². The second kappa shape index (κ2) is 8.94. The molecule has 0 saturated heterocycles. The van der Waals surface area contributed by atoms with Crippen LogP contribution in [0.1, 0.15) is 35.3 Å². The molecule has 1 amide bonds. The molecule has 2 rings (SSSR count). The van der Waals surface area contributed by atoms with E-state index in [1.807, 2.05) is 18.2 Å². The first-order valence-electron chi connectivity index (χ1n) is 8.37. The minimum atomic E-state index is -0.504. The number of nitrogens with zero attached hydrogens (tertiary/aromatic N) is 2. The van der Waals surface area contributed by atoms with Gasteiger partial charge in [-0.2, -0.15) is 0 Å². The summed E-state index contributed by atoms with van der Waals surface area (Å²) in [6.07, 6.45) is 0. The summed E-state index contributed by atoms with van der Waals surface area (Å²) in [6.45, 7) is 7.39. The van der Waals surface area contributed by atoms with Crippen LogP contribution >= 0.6 is 0 Å². The predicted octanol–water partition coefficient (Wildman–Crippen LogP) is 3.37. The molecular formula is C19H23N3O3. The standard InChI is InChI=1S/C19H23N3O3/c1-3-21(4-2)14-17-9-6-5-8-16(17)13-20-19(23)15-10-7-11-18(12-15)22(24)25/h5-12H,3-4,13-14H2,1-2H3,(H,20,23). The van der Waals surface area contributed by atoms with E-state index in [9.17, 15) is 14.9 Å². The second-order valence-corrected chi connectivity index (χ2v) is 5.72. The van der Waals surface area contributed by atoms with E-state index in [1.165, 1.54) is 23.8 Å². The zero-order chi connectivity index (χ0) is 18.2. The molecule has 1 N–H and O–H groups in total. The minimum absolute atomic E-state index is 0.0883. The smallest absolute Gasteiger partial charge is 0.270 e. The highest BCUT2D eigenvalue weighted by atomic mass is 16.6. The fourth-order valence-electron chi connectivity index (χ4n) is 2.61. The van der Waals surface area contributed by atoms with Crippen molar-refractivity contribution in [2.45, 2.75) is 26.9 Å². The van der Waals surface area contributed by atoms with Gasteiger partial charge in [0.25, 0.3) is 11.6 Å². The first kappa shape index (κ1) is 18.6. The molecule has 0 heterocycles. The van der Waals surface area contributed by atoms with Gasteiger partial charge in [-0.15, -0.1) is 0 Å². The van der Waals surface area contributed by atoms with Crippen molar-refractivity contribution in [1.82, 2.24) is 10.2 Å². The number of nitrogens with one attached hydrogen (secondary N) is 1. The quantitative estimate of drug-likeness (QED) is 0.590. The van der Waals surface area contributed by atoms with E-state index in [-0.39, 0.29) is 17.2 Å². The van der Waals surface area contributed by atoms with Crippen molar-refractivity contribution < 1.29 is 9.72 Å². The highest BCUT2D eigenvalue weighted by Gasteiger charge is 2.12. The second-order valence-electron chi connectivity index (χ2n) is 5.72. The molecule has 0 aliphatic carbocycles. The highest BCUT2D eigenvalue weighted by molar-refractivity contribution is 5.94. The van der Waals surface area contributed by atoms with Crippen LogP contribution in [0.4, 0.5) is 5.69 Å². The van der Waals surface area contributed by atoms with Crippen LogP contribution in [0.25, 0.3) is 0 Å². The number of carbonyl (C=O) groups excluding carboxylic acids is 1. The van der Waals surface area contributed by atoms with E-state index < -0.39 is 4.92 Å². The molecule has 0 aliphatic heterocycles. The molecule has 0 saturated carbocycles. The number of hydrogen-bond donors (Lipinski definition) is 1. The average Bonchev–Trinajstić information content (AvgIpc) is 2.65. The summed E-state index contributed by atoms with van der Waals surface area (Å²) in [7, 11) is 0. The van der Waals surface area contributed by atoms with E-state index in [1.54, 1.807) is 6.07 Å². The van der Waals surface area contributed by atoms with Crippen LogP contribution in [-0.2, 0) is 13.1 Å². The van der Waals surface area contributed by atoms with E-state index in [2.05, 4.69) is 30.1 Å². The molecule has 0 aliphatic rings. The lowest BCUT2D eigenvalue weighted by Crippen LogP contribution is -2.26. The Kier molecular flexibility index (Phi) is 6.65. The minimum Gasteiger partial charge on any atom is -0.348 e. The Hall–Kier alpha value is -2.73. The molecule has 6 nitrogen and oxygen atoms in total. The monoisotopic (exact) mass is 341 g/mol. The Morgan fingerprint density at radius 1 is 1.08 bits per heavy atom. The number of carbonyl (C=O) groups is 1. The van der Waals surface area contributed by atoms with Crippen molar-refractivity contribution in [2.24, 2.45) is 0 Å². The van der Waals surface area contributed by atoms with Gasteiger partial charge < -0.3 is 5.32 Å². The third-order valence-corrected chi connectivity index (χ3v) is 4.17. The normalized spacial score (nSPS) is 10.7. The zero-order valence-electron chi connectivity index (χ0n) is 14.6. The van der Waals surface area contributed by atoms with Gasteiger partial charge in [0.05, 0.1) is 4.92 Å². The van der Waals surface area contributed by atoms with Gasteiger partial charge in [0.2, 0.25) is 0 Å². The van der Waals surface area contributed by atoms with Gasteiger partial charge in [0, 0.05) is 30.8 Å². The zero-order valence-corrected chi connectivity index (χ0v) is 14.6. The largest absolute Gasteiger partial charge is 0.348 e. The van der Waals surface area contributed by atoms with E-state index in [4.69, 9.17) is 0 Å². The Morgan fingerprint density at radius 3 is 2.40 bits per heavy atom. The summed E-state index contributed by atoms with van der Waals surface area (Å²) < 4.78 is 0. The maximum Gasteiger partial charge on any atom is 0.270 e. The van der Waals surface area contributed by atoms with E-state index in [0.717, 1.165) is 25.2 Å². The first-order chi connectivity index (χ1) is 12.0. The lowest BCUT2D eigenvalue weighted by atomic mass is 10.1. The molecule has 0 unspecified atom stereocenters. The summed E-state index contributed by atoms with van der Waals surface area (Å²) in [4.78, 5) is 24.9. The Balaban J connectivity index is 2.07. The number of nitro benzene ring substituents is 1. The summed E-state index contributed by atoms with van der Waals surface area (Å²) in [5.74, 6) is -0.318. The molecule has 2 aromatic carbocycles. The van der Waals surface area contributed by atoms with Crippen molar-refractivity contribution >= 4 is 11.6 Å². The third-order valence-electron chi connectivity index (χ3n) is 4.17. The highest BCUT2D eigenvalue weighted by Crippen LogP contribution is 2.14. The summed E-state index contributed by atoms with van der Waals surface area (Å²) in [6, 6.07) is 13.7. The number of amides is 1. The number of hydrogen-bond acceptors (Lipinski definition) is 4. The lowest BCUT2D eigenvalue weighted by molar-refractivity contribution is -0.384. The van der Waals surface area contributed by atoms with Crippen molar-refractivity contribution in [3.63, 3.8) is 0 Å². The van der Waals surface area contributed by atoms with E-state index >= 15 is 0 Å². The van der Waals surface area contributed by atoms with Gasteiger partial charge in [-0.05, 0) is 30.3 Å². The van der Waals surface area contributed by atoms with Crippen LogP contribution in [0.15, 0.2) is 48.5 Å². The van der Waals surface area contributed by atoms with E-state index in [0.29, 0.717) is 6.54 Å². The fraction of sp³-hybridized carbons (Fsp3) is 0.316. The molecule has 132 valence electrons. The number of nitro groups is 1. The molecule has 2 aromatic rings. The van der Waals surface area contributed by atoms with Crippen LogP contribution in [0.3, 0.4) is 0 Å². The molecule has 0 spiro atoms. The Morgan fingerprint density at radius 2 is 1.76 bits per heavy atom. The average molecular weight is 341 g/mol. The maximum absolute atomic E-state index is 12.3. The van der Waals surface area contributed by atoms with Crippen molar-refractivity contribution in [3.05, 3.63) is 75.3 Å². The Labute approximate surface area is 147 Å². The predicted molar refractivity (Wildman–Crippen MR) is 97.3 cm³/mol. The van der Waals surface area contributed by atoms with Gasteiger partial charge in [0.15, 0.2) is 0 Å². The van der Waals surface area contributed by atoms with Gasteiger partial charge >= 0.3 is 0 Å². The molecule has 0 bridgehead atoms. The molecule has 0 radical (unpaired) electrons. The summed E-state index contributed by atoms with van der Waals surface area (Å²) >= 11 is 0. The van der Waals surface area contributed by atoms with Gasteiger partial charge in [-0.3, -0.25) is 19.8 Å². The SMILES string of the molecule is CCN(CC)Cc1ccccc1CNC(=O)c1cccc([N+](=O)[O-])c1. The van der Waals surface area contributed by atoms with Crippen LogP contribution < -0.4 is 5.32 Å². The van der Waals surface area contributed by atoms with Crippen LogP contribution in [-0.4, -0.2) is 28.8 Å². The lowest BCUT2D eigenvalue weighted by Gasteiger charge is -2.20. The number of rotatable bonds is 8. The van der Waals surface area contributed by atoms with Crippen LogP contribution in [0.2, 0.25) is 0 Å². The van der Waals surface area contributed by atoms with Gasteiger partial charge in [-0.1, -0.05) is 44.2 Å². The topological polar surface area (TPSA) is 75.5 Å². The molecule has 25 heavy (non-hydrogen) atoms. The van der Waals surface area contributed by atoms with Crippen molar-refractivity contribution in [1.29, 1.82) is 0 Å². The fourth-order valence-corrected chi connectivity index (χ4v) is 2.61. The maximum atomic E-state index is 12.3. The molecule has 0 fully saturated rings. The summed E-state index contributed by atoms with van der Waals surface area (Å²) in [5.41, 5.74) is 2.42. The van der Waals surface area contributed by atoms with Crippen LogP contribution in [0, 0.1) is 10.1 Å². The van der Waals surface area contributed by atoms with Gasteiger partial charge in [0.1, 0.15) is 0 Å². The third kappa shape index (κ3) is 5.12. The number of non-ortho nitro benzene ring substituents is 1. The summed E-state index contributed by atoms with van der Waals surface area (Å²) in [5, 5.41) is 13.7. The Bertz CT molecular complexity index is 742. The van der Waals surface area contributed by atoms with Gasteiger partial charge in [-0.25, -0.2) is 0 Å². The number of benzene rings is 2. The molecular weight excluding hydrogens is 318 g/mol. The first-order valence-corrected chi connectivity index (χ1v) is 8.37.